The average Bonchev–Trinajstić information content (AvgIpc) is 1.90. The summed E-state index contributed by atoms with van der Waals surface area (Å²) in [5.41, 5.74) is 1.40. The maximum Gasteiger partial charge on any atom is 0.0247 e. The molecule has 8 heavy (non-hydrogen) atoms. The predicted octanol–water partition coefficient (Wildman–Crippen LogP) is 2.62. The topological polar surface area (TPSA) is 0 Å². The van der Waals surface area contributed by atoms with Gasteiger partial charge in [0.2, 0.25) is 0 Å². The number of alkyl halides is 1. The first-order valence-corrected chi connectivity index (χ1v) is 4.06. The lowest BCUT2D eigenvalue weighted by molar-refractivity contribution is 1.46. The highest BCUT2D eigenvalue weighted by Gasteiger charge is 1.81. The van der Waals surface area contributed by atoms with Gasteiger partial charge in [0.15, 0.2) is 0 Å². The summed E-state index contributed by atoms with van der Waals surface area (Å²) >= 11 is 2.35. The third-order valence-corrected chi connectivity index (χ3v) is 1.88. The van der Waals surface area contributed by atoms with Crippen molar-refractivity contribution in [3.63, 3.8) is 0 Å². The Morgan fingerprint density at radius 3 is 2.12 bits per heavy atom. The molecule has 1 aromatic carbocycles. The molecule has 0 aliphatic rings. The SMILES string of the molecule is I[11CH2]c1ccccc1. The molecule has 0 aromatic heterocycles. The number of hydrogen-bond acceptors (Lipinski definition) is 0. The Morgan fingerprint density at radius 1 is 1.12 bits per heavy atom. The first-order valence-electron chi connectivity index (χ1n) is 2.53. The van der Waals surface area contributed by atoms with Gasteiger partial charge in [-0.25, -0.2) is 0 Å². The van der Waals surface area contributed by atoms with E-state index in [9.17, 15) is 0 Å². The van der Waals surface area contributed by atoms with Crippen molar-refractivity contribution in [1.29, 1.82) is 0 Å². The molecule has 0 saturated carbocycles. The van der Waals surface area contributed by atoms with Gasteiger partial charge in [-0.1, -0.05) is 52.9 Å². The standard InChI is InChI=1S/C7H7I/c8-6-7-4-2-1-3-5-7/h1-5H,6H2/i6-1. The van der Waals surface area contributed by atoms with Gasteiger partial charge >= 0.3 is 0 Å². The molecule has 0 amide bonds. The van der Waals surface area contributed by atoms with Gasteiger partial charge in [0.25, 0.3) is 0 Å². The van der Waals surface area contributed by atoms with E-state index in [1.165, 1.54) is 5.56 Å². The predicted molar refractivity (Wildman–Crippen MR) is 44.2 cm³/mol. The van der Waals surface area contributed by atoms with Crippen molar-refractivity contribution < 1.29 is 0 Å². The first kappa shape index (κ1) is 6.08. The third-order valence-electron chi connectivity index (χ3n) is 0.997. The molecule has 0 fully saturated rings. The fraction of sp³-hybridized carbons (Fsp3) is 0.143. The van der Waals surface area contributed by atoms with Crippen LogP contribution in [0.2, 0.25) is 0 Å². The molecule has 1 rings (SSSR count). The van der Waals surface area contributed by atoms with Gasteiger partial charge in [0.1, 0.15) is 0 Å². The van der Waals surface area contributed by atoms with Crippen LogP contribution < -0.4 is 0 Å². The zero-order valence-electron chi connectivity index (χ0n) is 4.47. The number of hydrogen-bond donors (Lipinski definition) is 0. The van der Waals surface area contributed by atoms with Crippen LogP contribution in [0.1, 0.15) is 5.56 Å². The molecule has 0 saturated heterocycles. The van der Waals surface area contributed by atoms with Crippen LogP contribution in [-0.2, 0) is 4.43 Å². The zero-order valence-corrected chi connectivity index (χ0v) is 6.63. The molecule has 0 bridgehead atoms. The van der Waals surface area contributed by atoms with E-state index in [1.54, 1.807) is 0 Å². The molecule has 0 atom stereocenters. The van der Waals surface area contributed by atoms with E-state index in [2.05, 4.69) is 46.9 Å². The van der Waals surface area contributed by atoms with Crippen LogP contribution in [-0.4, -0.2) is 0 Å². The quantitative estimate of drug-likeness (QED) is 0.501. The Bertz CT molecular complexity index is 146. The van der Waals surface area contributed by atoms with E-state index in [4.69, 9.17) is 0 Å². The van der Waals surface area contributed by atoms with Crippen molar-refractivity contribution in [1.82, 2.24) is 0 Å². The Morgan fingerprint density at radius 2 is 1.75 bits per heavy atom. The van der Waals surface area contributed by atoms with Crippen LogP contribution in [0.5, 0.6) is 0 Å². The second-order valence-corrected chi connectivity index (χ2v) is 2.38. The van der Waals surface area contributed by atoms with Crippen LogP contribution >= 0.6 is 22.6 Å². The Labute approximate surface area is 63.1 Å². The van der Waals surface area contributed by atoms with Crippen LogP contribution in [0.15, 0.2) is 30.3 Å². The van der Waals surface area contributed by atoms with Gasteiger partial charge in [0.05, 0.1) is 0 Å². The molecule has 42 valence electrons. The van der Waals surface area contributed by atoms with Gasteiger partial charge in [0, 0.05) is 4.43 Å². The number of rotatable bonds is 1. The highest BCUT2D eigenvalue weighted by atomic mass is 127. The van der Waals surface area contributed by atoms with E-state index in [-0.39, 0.29) is 0 Å². The molecule has 0 aliphatic carbocycles. The summed E-state index contributed by atoms with van der Waals surface area (Å²) in [4.78, 5) is 0. The molecular formula is C7H7I. The average molecular weight is 217 g/mol. The molecule has 1 aromatic rings. The molecule has 0 nitrogen and oxygen atoms in total. The van der Waals surface area contributed by atoms with Crippen molar-refractivity contribution >= 4 is 22.6 Å². The molecule has 1 heteroatoms. The van der Waals surface area contributed by atoms with Gasteiger partial charge in [-0.05, 0) is 5.56 Å². The molecule has 0 spiro atoms. The summed E-state index contributed by atoms with van der Waals surface area (Å²) in [6.45, 7) is 0. The number of benzene rings is 1. The monoisotopic (exact) mass is 217 g/mol. The molecular weight excluding hydrogens is 210 g/mol. The van der Waals surface area contributed by atoms with Gasteiger partial charge in [-0.3, -0.25) is 0 Å². The van der Waals surface area contributed by atoms with Crippen LogP contribution in [0.3, 0.4) is 0 Å². The normalized spacial score (nSPS) is 9.12. The van der Waals surface area contributed by atoms with E-state index < -0.39 is 0 Å². The Hall–Kier alpha value is -0.0500. The van der Waals surface area contributed by atoms with E-state index >= 15 is 0 Å². The van der Waals surface area contributed by atoms with Crippen molar-refractivity contribution in [3.8, 4) is 0 Å². The Balaban J connectivity index is 2.83. The van der Waals surface area contributed by atoms with Crippen molar-refractivity contribution in [2.45, 2.75) is 4.43 Å². The zero-order chi connectivity index (χ0) is 5.82. The van der Waals surface area contributed by atoms with Crippen molar-refractivity contribution in [3.05, 3.63) is 35.9 Å². The molecule has 0 N–H and O–H groups in total. The lowest BCUT2D eigenvalue weighted by Crippen LogP contribution is -1.70. The molecule has 0 heterocycles. The van der Waals surface area contributed by atoms with Crippen LogP contribution in [0.4, 0.5) is 0 Å². The maximum absolute atomic E-state index is 2.35. The number of halogens is 1. The first-order chi connectivity index (χ1) is 3.93. The van der Waals surface area contributed by atoms with Crippen molar-refractivity contribution in [2.75, 3.05) is 0 Å². The fourth-order valence-corrected chi connectivity index (χ4v) is 1.08. The summed E-state index contributed by atoms with van der Waals surface area (Å²) in [5.74, 6) is 0. The highest BCUT2D eigenvalue weighted by molar-refractivity contribution is 14.1. The highest BCUT2D eigenvalue weighted by Crippen LogP contribution is 2.02. The maximum atomic E-state index is 2.35. The van der Waals surface area contributed by atoms with E-state index in [0.717, 1.165) is 4.43 Å². The van der Waals surface area contributed by atoms with Crippen molar-refractivity contribution in [2.24, 2.45) is 0 Å². The second kappa shape index (κ2) is 3.07. The van der Waals surface area contributed by atoms with E-state index in [1.807, 2.05) is 6.07 Å². The summed E-state index contributed by atoms with van der Waals surface area (Å²) in [5, 5.41) is 0. The molecule has 0 aliphatic heterocycles. The van der Waals surface area contributed by atoms with Gasteiger partial charge < -0.3 is 0 Å². The lowest BCUT2D eigenvalue weighted by Gasteiger charge is -1.88. The molecule has 0 unspecified atom stereocenters. The van der Waals surface area contributed by atoms with E-state index in [0.29, 0.717) is 0 Å². The van der Waals surface area contributed by atoms with Gasteiger partial charge in [-0.2, -0.15) is 0 Å². The largest absolute Gasteiger partial charge is 0.0812 e. The van der Waals surface area contributed by atoms with Gasteiger partial charge in [-0.15, -0.1) is 0 Å². The fourth-order valence-electron chi connectivity index (χ4n) is 0.567. The Kier molecular flexibility index (Phi) is 2.33. The van der Waals surface area contributed by atoms with Crippen LogP contribution in [0.25, 0.3) is 0 Å². The molecule has 0 radical (unpaired) electrons. The minimum Gasteiger partial charge on any atom is -0.0812 e. The minimum absolute atomic E-state index is 1.11. The lowest BCUT2D eigenvalue weighted by atomic mass is 10.0. The summed E-state index contributed by atoms with van der Waals surface area (Å²) in [6.07, 6.45) is 0. The summed E-state index contributed by atoms with van der Waals surface area (Å²) < 4.78 is 1.11. The van der Waals surface area contributed by atoms with Crippen LogP contribution in [0, 0.1) is 0 Å². The smallest absolute Gasteiger partial charge is 0.0247 e. The third kappa shape index (κ3) is 1.47. The second-order valence-electron chi connectivity index (χ2n) is 1.62. The summed E-state index contributed by atoms with van der Waals surface area (Å²) in [6, 6.07) is 10.4. The summed E-state index contributed by atoms with van der Waals surface area (Å²) in [7, 11) is 0. The minimum atomic E-state index is 1.11.